The van der Waals surface area contributed by atoms with Gasteiger partial charge < -0.3 is 16.0 Å². The molecule has 1 aromatic rings. The van der Waals surface area contributed by atoms with Gasteiger partial charge in [0, 0.05) is 18.6 Å². The summed E-state index contributed by atoms with van der Waals surface area (Å²) in [4.78, 5) is 14.6. The maximum atomic E-state index is 12.5. The van der Waals surface area contributed by atoms with Crippen LogP contribution in [0.3, 0.4) is 0 Å². The second-order valence-electron chi connectivity index (χ2n) is 6.82. The van der Waals surface area contributed by atoms with Gasteiger partial charge in [-0.2, -0.15) is 0 Å². The van der Waals surface area contributed by atoms with E-state index in [1.807, 2.05) is 51.4 Å². The number of hydrogen-bond acceptors (Lipinski definition) is 3. The quantitative estimate of drug-likeness (QED) is 0.730. The Morgan fingerprint density at radius 3 is 2.12 bits per heavy atom. The predicted molar refractivity (Wildman–Crippen MR) is 107 cm³/mol. The average Bonchev–Trinajstić information content (AvgIpc) is 2.45. The molecule has 4 nitrogen and oxygen atoms in total. The standard InChI is InChI=1S/C18H31N3O.2ClH/c1-13(2)11-16(12-21(4)5)20-18(22)14(3)17(19)15-9-7-6-8-10-15;;/h6-10,13-14,16-17H,11-12,19H2,1-5H3,(H,20,22);2*1H. The van der Waals surface area contributed by atoms with Crippen LogP contribution in [0.5, 0.6) is 0 Å². The van der Waals surface area contributed by atoms with Gasteiger partial charge in [-0.3, -0.25) is 4.79 Å². The molecule has 6 heteroatoms. The topological polar surface area (TPSA) is 58.4 Å². The highest BCUT2D eigenvalue weighted by Crippen LogP contribution is 2.19. The van der Waals surface area contributed by atoms with E-state index in [9.17, 15) is 4.79 Å². The zero-order valence-electron chi connectivity index (χ0n) is 15.4. The number of amides is 1. The molecule has 0 radical (unpaired) electrons. The number of likely N-dealkylation sites (N-methyl/N-ethyl adjacent to an activating group) is 1. The number of halogens is 2. The van der Waals surface area contributed by atoms with Gasteiger partial charge in [0.15, 0.2) is 0 Å². The Morgan fingerprint density at radius 2 is 1.67 bits per heavy atom. The van der Waals surface area contributed by atoms with Crippen molar-refractivity contribution in [1.82, 2.24) is 10.2 Å². The second kappa shape index (κ2) is 12.5. The molecule has 0 spiro atoms. The molecule has 140 valence electrons. The van der Waals surface area contributed by atoms with Crippen LogP contribution < -0.4 is 11.1 Å². The highest BCUT2D eigenvalue weighted by Gasteiger charge is 2.24. The first-order valence-electron chi connectivity index (χ1n) is 8.06. The van der Waals surface area contributed by atoms with Crippen LogP contribution in [0.15, 0.2) is 30.3 Å². The molecule has 3 atom stereocenters. The van der Waals surface area contributed by atoms with Gasteiger partial charge in [0.05, 0.1) is 5.92 Å². The molecule has 0 aliphatic rings. The van der Waals surface area contributed by atoms with E-state index in [0.717, 1.165) is 18.5 Å². The Bertz CT molecular complexity index is 445. The van der Waals surface area contributed by atoms with Crippen LogP contribution in [-0.4, -0.2) is 37.5 Å². The number of nitrogens with two attached hydrogens (primary N) is 1. The van der Waals surface area contributed by atoms with Crippen molar-refractivity contribution in [2.45, 2.75) is 39.3 Å². The molecule has 0 saturated heterocycles. The fourth-order valence-electron chi connectivity index (χ4n) is 2.65. The van der Waals surface area contributed by atoms with Crippen LogP contribution in [0.2, 0.25) is 0 Å². The lowest BCUT2D eigenvalue weighted by Crippen LogP contribution is -2.46. The average molecular weight is 378 g/mol. The Hall–Kier alpha value is -0.810. The first-order valence-corrected chi connectivity index (χ1v) is 8.06. The van der Waals surface area contributed by atoms with Crippen molar-refractivity contribution in [2.24, 2.45) is 17.6 Å². The zero-order chi connectivity index (χ0) is 16.7. The minimum atomic E-state index is -0.278. The third-order valence-electron chi connectivity index (χ3n) is 3.82. The Morgan fingerprint density at radius 1 is 1.12 bits per heavy atom. The summed E-state index contributed by atoms with van der Waals surface area (Å²) in [5.41, 5.74) is 7.24. The normalized spacial score (nSPS) is 14.3. The minimum Gasteiger partial charge on any atom is -0.352 e. The number of benzene rings is 1. The molecule has 0 saturated carbocycles. The highest BCUT2D eigenvalue weighted by atomic mass is 35.5. The first-order chi connectivity index (χ1) is 10.3. The van der Waals surface area contributed by atoms with Crippen LogP contribution in [0.1, 0.15) is 38.8 Å². The first kappa shape index (κ1) is 25.4. The largest absolute Gasteiger partial charge is 0.352 e. The summed E-state index contributed by atoms with van der Waals surface area (Å²) < 4.78 is 0. The molecule has 0 aromatic heterocycles. The molecule has 1 rings (SSSR count). The molecule has 0 bridgehead atoms. The van der Waals surface area contributed by atoms with Crippen molar-refractivity contribution in [2.75, 3.05) is 20.6 Å². The fraction of sp³-hybridized carbons (Fsp3) is 0.611. The molecule has 1 aromatic carbocycles. The van der Waals surface area contributed by atoms with Crippen molar-refractivity contribution >= 4 is 30.7 Å². The van der Waals surface area contributed by atoms with Crippen LogP contribution in [0.25, 0.3) is 0 Å². The van der Waals surface area contributed by atoms with Gasteiger partial charge in [-0.05, 0) is 32.0 Å². The maximum absolute atomic E-state index is 12.5. The summed E-state index contributed by atoms with van der Waals surface area (Å²) >= 11 is 0. The molecule has 3 N–H and O–H groups in total. The van der Waals surface area contributed by atoms with E-state index in [1.165, 1.54) is 0 Å². The Labute approximate surface area is 159 Å². The SMILES string of the molecule is CC(C)CC(CN(C)C)NC(=O)C(C)C(N)c1ccccc1.Cl.Cl. The Kier molecular flexibility index (Phi) is 13.3. The number of nitrogens with zero attached hydrogens (tertiary/aromatic N) is 1. The fourth-order valence-corrected chi connectivity index (χ4v) is 2.65. The van der Waals surface area contributed by atoms with E-state index in [4.69, 9.17) is 5.73 Å². The van der Waals surface area contributed by atoms with Crippen molar-refractivity contribution < 1.29 is 4.79 Å². The van der Waals surface area contributed by atoms with E-state index in [1.54, 1.807) is 0 Å². The smallest absolute Gasteiger partial charge is 0.225 e. The number of nitrogens with one attached hydrogen (secondary N) is 1. The van der Waals surface area contributed by atoms with E-state index in [0.29, 0.717) is 5.92 Å². The third-order valence-corrected chi connectivity index (χ3v) is 3.82. The van der Waals surface area contributed by atoms with Gasteiger partial charge >= 0.3 is 0 Å². The molecule has 24 heavy (non-hydrogen) atoms. The van der Waals surface area contributed by atoms with Crippen molar-refractivity contribution in [3.63, 3.8) is 0 Å². The highest BCUT2D eigenvalue weighted by molar-refractivity contribution is 5.85. The summed E-state index contributed by atoms with van der Waals surface area (Å²) in [7, 11) is 4.05. The molecule has 0 heterocycles. The molecule has 0 aliphatic carbocycles. The summed E-state index contributed by atoms with van der Waals surface area (Å²) in [6.45, 7) is 7.09. The number of carbonyl (C=O) groups excluding carboxylic acids is 1. The van der Waals surface area contributed by atoms with Crippen LogP contribution >= 0.6 is 24.8 Å². The third kappa shape index (κ3) is 8.88. The van der Waals surface area contributed by atoms with Gasteiger partial charge in [0.2, 0.25) is 5.91 Å². The van der Waals surface area contributed by atoms with E-state index in [2.05, 4.69) is 24.1 Å². The maximum Gasteiger partial charge on any atom is 0.225 e. The van der Waals surface area contributed by atoms with E-state index >= 15 is 0 Å². The molecular formula is C18H33Cl2N3O. The van der Waals surface area contributed by atoms with Crippen LogP contribution in [-0.2, 0) is 4.79 Å². The number of hydrogen-bond donors (Lipinski definition) is 2. The van der Waals surface area contributed by atoms with Crippen molar-refractivity contribution in [1.29, 1.82) is 0 Å². The molecule has 3 unspecified atom stereocenters. The van der Waals surface area contributed by atoms with Crippen LogP contribution in [0.4, 0.5) is 0 Å². The van der Waals surface area contributed by atoms with Gasteiger partial charge in [-0.15, -0.1) is 24.8 Å². The monoisotopic (exact) mass is 377 g/mol. The molecular weight excluding hydrogens is 345 g/mol. The zero-order valence-corrected chi connectivity index (χ0v) is 17.0. The minimum absolute atomic E-state index is 0. The predicted octanol–water partition coefficient (Wildman–Crippen LogP) is 3.26. The summed E-state index contributed by atoms with van der Waals surface area (Å²) in [5.74, 6) is 0.325. The van der Waals surface area contributed by atoms with E-state index in [-0.39, 0.29) is 48.7 Å². The van der Waals surface area contributed by atoms with Gasteiger partial charge in [-0.25, -0.2) is 0 Å². The van der Waals surface area contributed by atoms with Gasteiger partial charge in [-0.1, -0.05) is 51.1 Å². The second-order valence-corrected chi connectivity index (χ2v) is 6.82. The summed E-state index contributed by atoms with van der Waals surface area (Å²) in [6, 6.07) is 9.69. The lowest BCUT2D eigenvalue weighted by atomic mass is 9.94. The van der Waals surface area contributed by atoms with Crippen molar-refractivity contribution in [3.8, 4) is 0 Å². The lowest BCUT2D eigenvalue weighted by molar-refractivity contribution is -0.126. The molecule has 0 aliphatic heterocycles. The summed E-state index contributed by atoms with van der Waals surface area (Å²) in [6.07, 6.45) is 0.969. The van der Waals surface area contributed by atoms with Crippen LogP contribution in [0, 0.1) is 11.8 Å². The van der Waals surface area contributed by atoms with Crippen molar-refractivity contribution in [3.05, 3.63) is 35.9 Å². The van der Waals surface area contributed by atoms with E-state index < -0.39 is 0 Å². The molecule has 0 fully saturated rings. The molecule has 1 amide bonds. The number of rotatable bonds is 8. The number of carbonyl (C=O) groups is 1. The Balaban J connectivity index is 0. The van der Waals surface area contributed by atoms with Gasteiger partial charge in [0.1, 0.15) is 0 Å². The lowest BCUT2D eigenvalue weighted by Gasteiger charge is -2.27. The summed E-state index contributed by atoms with van der Waals surface area (Å²) in [5, 5.41) is 3.17. The van der Waals surface area contributed by atoms with Gasteiger partial charge in [0.25, 0.3) is 0 Å².